The number of aryl methyl sites for hydroxylation is 2. The second-order valence-electron chi connectivity index (χ2n) is 7.75. The third-order valence-corrected chi connectivity index (χ3v) is 6.85. The standard InChI is InChI=1S/C26H20ClN3O2S/c1-16-8-13-22-19(14-23(31)32-24(22)17(16)2)15-33-26-29-28-25(18-9-11-20(27)12-10-18)30(26)21-6-4-3-5-7-21/h3-14H,15H2,1-2H3. The smallest absolute Gasteiger partial charge is 0.336 e. The predicted octanol–water partition coefficient (Wildman–Crippen LogP) is 6.60. The molecule has 0 aliphatic rings. The first-order valence-corrected chi connectivity index (χ1v) is 11.8. The van der Waals surface area contributed by atoms with E-state index in [0.29, 0.717) is 16.4 Å². The van der Waals surface area contributed by atoms with E-state index in [0.717, 1.165) is 44.3 Å². The van der Waals surface area contributed by atoms with E-state index in [4.69, 9.17) is 16.0 Å². The van der Waals surface area contributed by atoms with Crippen LogP contribution in [0.1, 0.15) is 16.7 Å². The molecule has 0 atom stereocenters. The Labute approximate surface area is 200 Å². The van der Waals surface area contributed by atoms with Gasteiger partial charge in [-0.1, -0.05) is 53.7 Å². The Morgan fingerprint density at radius 2 is 1.73 bits per heavy atom. The SMILES string of the molecule is Cc1ccc2c(CSc3nnc(-c4ccc(Cl)cc4)n3-c3ccccc3)cc(=O)oc2c1C. The summed E-state index contributed by atoms with van der Waals surface area (Å²) in [5.74, 6) is 1.28. The van der Waals surface area contributed by atoms with Gasteiger partial charge in [0.05, 0.1) is 0 Å². The fourth-order valence-electron chi connectivity index (χ4n) is 3.75. The highest BCUT2D eigenvalue weighted by molar-refractivity contribution is 7.98. The summed E-state index contributed by atoms with van der Waals surface area (Å²) in [5.41, 5.74) is 5.15. The van der Waals surface area contributed by atoms with Gasteiger partial charge in [-0.05, 0) is 66.9 Å². The summed E-state index contributed by atoms with van der Waals surface area (Å²) < 4.78 is 7.55. The molecule has 2 heterocycles. The third kappa shape index (κ3) is 4.19. The molecule has 5 aromatic rings. The van der Waals surface area contributed by atoms with Gasteiger partial charge in [0.1, 0.15) is 5.58 Å². The van der Waals surface area contributed by atoms with Gasteiger partial charge in [0, 0.05) is 33.5 Å². The van der Waals surface area contributed by atoms with Gasteiger partial charge in [0.25, 0.3) is 0 Å². The number of para-hydroxylation sites is 1. The van der Waals surface area contributed by atoms with Crippen LogP contribution in [0.2, 0.25) is 5.02 Å². The number of hydrogen-bond donors (Lipinski definition) is 0. The minimum atomic E-state index is -0.349. The van der Waals surface area contributed by atoms with Gasteiger partial charge < -0.3 is 4.42 Å². The molecule has 0 aliphatic carbocycles. The van der Waals surface area contributed by atoms with Gasteiger partial charge in [0.15, 0.2) is 11.0 Å². The van der Waals surface area contributed by atoms with Crippen molar-refractivity contribution in [2.45, 2.75) is 24.8 Å². The van der Waals surface area contributed by atoms with E-state index in [1.807, 2.05) is 79.1 Å². The molecule has 0 amide bonds. The van der Waals surface area contributed by atoms with Crippen LogP contribution >= 0.6 is 23.4 Å². The number of fused-ring (bicyclic) bond motifs is 1. The molecule has 0 bridgehead atoms. The van der Waals surface area contributed by atoms with Gasteiger partial charge in [-0.25, -0.2) is 4.79 Å². The van der Waals surface area contributed by atoms with Gasteiger partial charge in [-0.15, -0.1) is 10.2 Å². The molecular formula is C26H20ClN3O2S. The lowest BCUT2D eigenvalue weighted by molar-refractivity contribution is 0.557. The Kier molecular flexibility index (Phi) is 5.79. The number of aromatic nitrogens is 3. The molecule has 0 saturated carbocycles. The van der Waals surface area contributed by atoms with E-state index < -0.39 is 0 Å². The van der Waals surface area contributed by atoms with E-state index in [9.17, 15) is 4.79 Å². The van der Waals surface area contributed by atoms with Crippen LogP contribution in [0.25, 0.3) is 28.0 Å². The van der Waals surface area contributed by atoms with Crippen molar-refractivity contribution in [1.82, 2.24) is 14.8 Å². The van der Waals surface area contributed by atoms with Crippen LogP contribution in [0.5, 0.6) is 0 Å². The van der Waals surface area contributed by atoms with Crippen LogP contribution in [0, 0.1) is 13.8 Å². The fraction of sp³-hybridized carbons (Fsp3) is 0.115. The summed E-state index contributed by atoms with van der Waals surface area (Å²) in [5, 5.41) is 11.3. The highest BCUT2D eigenvalue weighted by Crippen LogP contribution is 2.32. The molecule has 0 N–H and O–H groups in total. The highest BCUT2D eigenvalue weighted by Gasteiger charge is 2.17. The van der Waals surface area contributed by atoms with Crippen molar-refractivity contribution in [2.24, 2.45) is 0 Å². The van der Waals surface area contributed by atoms with E-state index in [-0.39, 0.29) is 5.63 Å². The second-order valence-corrected chi connectivity index (χ2v) is 9.13. The first-order chi connectivity index (χ1) is 16.0. The molecule has 2 aromatic heterocycles. The van der Waals surface area contributed by atoms with Crippen LogP contribution in [-0.2, 0) is 5.75 Å². The van der Waals surface area contributed by atoms with Crippen molar-refractivity contribution in [3.05, 3.63) is 105 Å². The van der Waals surface area contributed by atoms with Crippen LogP contribution < -0.4 is 5.63 Å². The van der Waals surface area contributed by atoms with E-state index in [1.54, 1.807) is 6.07 Å². The number of halogens is 1. The Morgan fingerprint density at radius 3 is 2.48 bits per heavy atom. The topological polar surface area (TPSA) is 60.9 Å². The van der Waals surface area contributed by atoms with Crippen LogP contribution in [-0.4, -0.2) is 14.8 Å². The third-order valence-electron chi connectivity index (χ3n) is 5.62. The molecule has 0 fully saturated rings. The molecule has 7 heteroatoms. The van der Waals surface area contributed by atoms with E-state index in [2.05, 4.69) is 16.3 Å². The first kappa shape index (κ1) is 21.5. The number of benzene rings is 3. The van der Waals surface area contributed by atoms with Crippen molar-refractivity contribution in [3.8, 4) is 17.1 Å². The van der Waals surface area contributed by atoms with Crippen molar-refractivity contribution in [1.29, 1.82) is 0 Å². The maximum Gasteiger partial charge on any atom is 0.336 e. The average molecular weight is 474 g/mol. The van der Waals surface area contributed by atoms with Gasteiger partial charge in [-0.2, -0.15) is 0 Å². The van der Waals surface area contributed by atoms with Crippen molar-refractivity contribution >= 4 is 34.3 Å². The summed E-state index contributed by atoms with van der Waals surface area (Å²) in [4.78, 5) is 12.3. The lowest BCUT2D eigenvalue weighted by Gasteiger charge is -2.11. The molecule has 0 radical (unpaired) electrons. The molecule has 3 aromatic carbocycles. The quantitative estimate of drug-likeness (QED) is 0.212. The summed E-state index contributed by atoms with van der Waals surface area (Å²) in [7, 11) is 0. The van der Waals surface area contributed by atoms with Gasteiger partial charge >= 0.3 is 5.63 Å². The molecule has 5 nitrogen and oxygen atoms in total. The second kappa shape index (κ2) is 8.89. The number of hydrogen-bond acceptors (Lipinski definition) is 5. The summed E-state index contributed by atoms with van der Waals surface area (Å²) in [6, 6.07) is 23.2. The average Bonchev–Trinajstić information content (AvgIpc) is 3.25. The maximum atomic E-state index is 12.3. The van der Waals surface area contributed by atoms with Crippen molar-refractivity contribution in [3.63, 3.8) is 0 Å². The minimum absolute atomic E-state index is 0.349. The largest absolute Gasteiger partial charge is 0.422 e. The summed E-state index contributed by atoms with van der Waals surface area (Å²) in [6.45, 7) is 3.98. The van der Waals surface area contributed by atoms with E-state index >= 15 is 0 Å². The Hall–Kier alpha value is -3.35. The van der Waals surface area contributed by atoms with Crippen LogP contribution in [0.3, 0.4) is 0 Å². The lowest BCUT2D eigenvalue weighted by atomic mass is 10.0. The zero-order chi connectivity index (χ0) is 22.9. The highest BCUT2D eigenvalue weighted by atomic mass is 35.5. The maximum absolute atomic E-state index is 12.3. The number of thioether (sulfide) groups is 1. The Morgan fingerprint density at radius 1 is 0.970 bits per heavy atom. The normalized spacial score (nSPS) is 11.2. The zero-order valence-corrected chi connectivity index (χ0v) is 19.7. The fourth-order valence-corrected chi connectivity index (χ4v) is 4.81. The molecule has 0 spiro atoms. The summed E-state index contributed by atoms with van der Waals surface area (Å²) >= 11 is 7.61. The molecule has 33 heavy (non-hydrogen) atoms. The van der Waals surface area contributed by atoms with Gasteiger partial charge in [-0.3, -0.25) is 4.57 Å². The summed E-state index contributed by atoms with van der Waals surface area (Å²) in [6.07, 6.45) is 0. The predicted molar refractivity (Wildman–Crippen MR) is 133 cm³/mol. The molecule has 0 saturated heterocycles. The number of rotatable bonds is 5. The monoisotopic (exact) mass is 473 g/mol. The number of nitrogens with zero attached hydrogens (tertiary/aromatic N) is 3. The van der Waals surface area contributed by atoms with Crippen LogP contribution in [0.15, 0.2) is 87.2 Å². The zero-order valence-electron chi connectivity index (χ0n) is 18.1. The molecule has 5 rings (SSSR count). The molecule has 164 valence electrons. The Bertz CT molecular complexity index is 1510. The van der Waals surface area contributed by atoms with Crippen molar-refractivity contribution < 1.29 is 4.42 Å². The van der Waals surface area contributed by atoms with E-state index in [1.165, 1.54) is 11.8 Å². The molecular weight excluding hydrogens is 454 g/mol. The Balaban J connectivity index is 1.57. The molecule has 0 aliphatic heterocycles. The van der Waals surface area contributed by atoms with Crippen LogP contribution in [0.4, 0.5) is 0 Å². The first-order valence-electron chi connectivity index (χ1n) is 10.4. The lowest BCUT2D eigenvalue weighted by Crippen LogP contribution is -2.03. The minimum Gasteiger partial charge on any atom is -0.422 e. The van der Waals surface area contributed by atoms with Crippen molar-refractivity contribution in [2.75, 3.05) is 0 Å². The molecule has 0 unspecified atom stereocenters. The van der Waals surface area contributed by atoms with Gasteiger partial charge in [0.2, 0.25) is 0 Å².